The number of nitrogens with zero attached hydrogens (tertiary/aromatic N) is 2. The minimum absolute atomic E-state index is 0.231. The molecule has 0 spiro atoms. The molecule has 0 atom stereocenters. The molecule has 0 aliphatic carbocycles. The molecule has 0 aliphatic heterocycles. The van der Waals surface area contributed by atoms with Crippen LogP contribution in [0.15, 0.2) is 70.2 Å². The van der Waals surface area contributed by atoms with Gasteiger partial charge < -0.3 is 9.47 Å². The fourth-order valence-corrected chi connectivity index (χ4v) is 5.50. The largest absolute Gasteiger partial charge is 0.493 e. The highest BCUT2D eigenvalue weighted by atomic mass is 79.9. The predicted molar refractivity (Wildman–Crippen MR) is 120 cm³/mol. The highest BCUT2D eigenvalue weighted by Gasteiger charge is 2.26. The number of rotatable bonds is 5. The standard InChI is InChI=1S/C22H19BrN2O4S/c1-14-6-4-5-7-21(14)30(26,27)25-18(11-16-10-17(23)13-24-22(16)25)15-8-9-19(28-2)20(12-15)29-3/h4-13H,1-3H3. The van der Waals surface area contributed by atoms with E-state index >= 15 is 0 Å². The Kier molecular flexibility index (Phi) is 5.29. The molecule has 0 N–H and O–H groups in total. The first kappa shape index (κ1) is 20.4. The number of aromatic nitrogens is 2. The molecule has 30 heavy (non-hydrogen) atoms. The van der Waals surface area contributed by atoms with Gasteiger partial charge in [0, 0.05) is 21.6 Å². The van der Waals surface area contributed by atoms with Crippen LogP contribution in [-0.2, 0) is 10.0 Å². The second-order valence-corrected chi connectivity index (χ2v) is 9.37. The second-order valence-electron chi connectivity index (χ2n) is 6.70. The Hall–Kier alpha value is -2.84. The van der Waals surface area contributed by atoms with Gasteiger partial charge in [0.25, 0.3) is 10.0 Å². The van der Waals surface area contributed by atoms with Gasteiger partial charge in [-0.3, -0.25) is 0 Å². The van der Waals surface area contributed by atoms with E-state index in [1.165, 1.54) is 3.97 Å². The van der Waals surface area contributed by atoms with Gasteiger partial charge in [-0.2, -0.15) is 0 Å². The molecule has 4 aromatic rings. The van der Waals surface area contributed by atoms with Crippen LogP contribution in [0, 0.1) is 6.92 Å². The quantitative estimate of drug-likeness (QED) is 0.395. The molecule has 2 heterocycles. The lowest BCUT2D eigenvalue weighted by Crippen LogP contribution is -2.15. The van der Waals surface area contributed by atoms with E-state index in [9.17, 15) is 8.42 Å². The lowest BCUT2D eigenvalue weighted by atomic mass is 10.1. The van der Waals surface area contributed by atoms with Crippen molar-refractivity contribution >= 4 is 37.0 Å². The van der Waals surface area contributed by atoms with Crippen molar-refractivity contribution in [3.8, 4) is 22.8 Å². The van der Waals surface area contributed by atoms with E-state index in [2.05, 4.69) is 20.9 Å². The Bertz CT molecular complexity index is 1360. The first-order valence-corrected chi connectivity index (χ1v) is 11.3. The van der Waals surface area contributed by atoms with Crippen LogP contribution in [0.1, 0.15) is 5.56 Å². The normalized spacial score (nSPS) is 11.6. The maximum Gasteiger partial charge on any atom is 0.270 e. The van der Waals surface area contributed by atoms with E-state index in [0.29, 0.717) is 39.4 Å². The van der Waals surface area contributed by atoms with Crippen LogP contribution in [0.4, 0.5) is 0 Å². The van der Waals surface area contributed by atoms with Crippen LogP contribution in [0.2, 0.25) is 0 Å². The number of ether oxygens (including phenoxy) is 2. The van der Waals surface area contributed by atoms with Crippen LogP contribution >= 0.6 is 15.9 Å². The molecule has 0 radical (unpaired) electrons. The van der Waals surface area contributed by atoms with Gasteiger partial charge in [0.2, 0.25) is 0 Å². The third kappa shape index (κ3) is 3.36. The fraction of sp³-hybridized carbons (Fsp3) is 0.136. The number of hydrogen-bond acceptors (Lipinski definition) is 5. The van der Waals surface area contributed by atoms with Crippen molar-refractivity contribution in [2.75, 3.05) is 14.2 Å². The van der Waals surface area contributed by atoms with Crippen LogP contribution in [-0.4, -0.2) is 31.6 Å². The van der Waals surface area contributed by atoms with Crippen molar-refractivity contribution in [2.24, 2.45) is 0 Å². The molecular formula is C22H19BrN2O4S. The Balaban J connectivity index is 2.06. The molecule has 0 amide bonds. The van der Waals surface area contributed by atoms with Crippen molar-refractivity contribution in [3.05, 3.63) is 70.8 Å². The number of halogens is 1. The van der Waals surface area contributed by atoms with E-state index < -0.39 is 10.0 Å². The summed E-state index contributed by atoms with van der Waals surface area (Å²) >= 11 is 3.41. The lowest BCUT2D eigenvalue weighted by Gasteiger charge is -2.14. The molecule has 0 saturated heterocycles. The van der Waals surface area contributed by atoms with Crippen molar-refractivity contribution in [1.82, 2.24) is 8.96 Å². The van der Waals surface area contributed by atoms with E-state index in [1.807, 2.05) is 18.2 Å². The predicted octanol–water partition coefficient (Wildman–Crippen LogP) is 5.03. The van der Waals surface area contributed by atoms with Gasteiger partial charge in [-0.05, 0) is 64.8 Å². The van der Waals surface area contributed by atoms with Gasteiger partial charge in [-0.15, -0.1) is 0 Å². The average Bonchev–Trinajstić information content (AvgIpc) is 3.12. The zero-order valence-corrected chi connectivity index (χ0v) is 19.0. The summed E-state index contributed by atoms with van der Waals surface area (Å²) in [6, 6.07) is 15.9. The molecule has 2 aromatic carbocycles. The number of hydrogen-bond donors (Lipinski definition) is 0. The minimum atomic E-state index is -3.91. The summed E-state index contributed by atoms with van der Waals surface area (Å²) < 4.78 is 40.3. The van der Waals surface area contributed by atoms with Crippen molar-refractivity contribution in [2.45, 2.75) is 11.8 Å². The number of aryl methyl sites for hydroxylation is 1. The van der Waals surface area contributed by atoms with E-state index in [-0.39, 0.29) is 4.90 Å². The number of methoxy groups -OCH3 is 2. The Labute approximate surface area is 183 Å². The number of fused-ring (bicyclic) bond motifs is 1. The Morgan fingerprint density at radius 1 is 0.967 bits per heavy atom. The Morgan fingerprint density at radius 3 is 2.40 bits per heavy atom. The van der Waals surface area contributed by atoms with Gasteiger partial charge in [0.1, 0.15) is 0 Å². The van der Waals surface area contributed by atoms with Crippen LogP contribution in [0.5, 0.6) is 11.5 Å². The molecule has 4 rings (SSSR count). The maximum atomic E-state index is 13.7. The van der Waals surface area contributed by atoms with Gasteiger partial charge in [0.15, 0.2) is 17.1 Å². The summed E-state index contributed by atoms with van der Waals surface area (Å²) in [6.07, 6.45) is 1.59. The van der Waals surface area contributed by atoms with E-state index in [1.54, 1.807) is 63.7 Å². The fourth-order valence-electron chi connectivity index (χ4n) is 3.43. The number of benzene rings is 2. The molecule has 0 bridgehead atoms. The molecule has 0 fully saturated rings. The van der Waals surface area contributed by atoms with Gasteiger partial charge in [0.05, 0.1) is 24.8 Å². The topological polar surface area (TPSA) is 70.4 Å². The average molecular weight is 487 g/mol. The smallest absolute Gasteiger partial charge is 0.270 e. The van der Waals surface area contributed by atoms with Gasteiger partial charge in [-0.25, -0.2) is 17.4 Å². The van der Waals surface area contributed by atoms with Crippen LogP contribution in [0.3, 0.4) is 0 Å². The molecule has 6 nitrogen and oxygen atoms in total. The summed E-state index contributed by atoms with van der Waals surface area (Å²) in [5.41, 5.74) is 2.17. The zero-order chi connectivity index (χ0) is 21.5. The van der Waals surface area contributed by atoms with Gasteiger partial charge in [-0.1, -0.05) is 18.2 Å². The zero-order valence-electron chi connectivity index (χ0n) is 16.6. The Morgan fingerprint density at radius 2 is 1.70 bits per heavy atom. The summed E-state index contributed by atoms with van der Waals surface area (Å²) in [5.74, 6) is 1.07. The molecule has 0 aliphatic rings. The van der Waals surface area contributed by atoms with Gasteiger partial charge >= 0.3 is 0 Å². The molecule has 0 saturated carbocycles. The molecule has 2 aromatic heterocycles. The van der Waals surface area contributed by atoms with E-state index in [0.717, 1.165) is 4.47 Å². The highest BCUT2D eigenvalue weighted by Crippen LogP contribution is 2.37. The maximum absolute atomic E-state index is 13.7. The third-order valence-corrected chi connectivity index (χ3v) is 7.15. The third-order valence-electron chi connectivity index (χ3n) is 4.86. The summed E-state index contributed by atoms with van der Waals surface area (Å²) in [7, 11) is -0.817. The van der Waals surface area contributed by atoms with Crippen molar-refractivity contribution in [3.63, 3.8) is 0 Å². The number of pyridine rings is 1. The first-order valence-electron chi connectivity index (χ1n) is 9.07. The first-order chi connectivity index (χ1) is 14.4. The van der Waals surface area contributed by atoms with E-state index in [4.69, 9.17) is 9.47 Å². The second kappa shape index (κ2) is 7.77. The van der Waals surface area contributed by atoms with Crippen molar-refractivity contribution in [1.29, 1.82) is 0 Å². The minimum Gasteiger partial charge on any atom is -0.493 e. The lowest BCUT2D eigenvalue weighted by molar-refractivity contribution is 0.355. The SMILES string of the molecule is COc1ccc(-c2cc3cc(Br)cnc3n2S(=O)(=O)c2ccccc2C)cc1OC. The summed E-state index contributed by atoms with van der Waals surface area (Å²) in [5, 5.41) is 0.700. The van der Waals surface area contributed by atoms with Crippen molar-refractivity contribution < 1.29 is 17.9 Å². The summed E-state index contributed by atoms with van der Waals surface area (Å²) in [4.78, 5) is 4.64. The van der Waals surface area contributed by atoms with Crippen LogP contribution in [0.25, 0.3) is 22.3 Å². The monoisotopic (exact) mass is 486 g/mol. The summed E-state index contributed by atoms with van der Waals surface area (Å²) in [6.45, 7) is 1.78. The van der Waals surface area contributed by atoms with Crippen LogP contribution < -0.4 is 9.47 Å². The molecular weight excluding hydrogens is 468 g/mol. The molecule has 8 heteroatoms. The highest BCUT2D eigenvalue weighted by molar-refractivity contribution is 9.10. The molecule has 154 valence electrons. The molecule has 0 unspecified atom stereocenters.